The average molecular weight is 902 g/mol. The number of carbonyl (C=O) groups excluding carboxylic acids is 6. The van der Waals surface area contributed by atoms with Gasteiger partial charge in [0.05, 0.1) is 13.2 Å². The first-order valence-electron chi connectivity index (χ1n) is 21.7. The van der Waals surface area contributed by atoms with Crippen molar-refractivity contribution < 1.29 is 51.4 Å². The lowest BCUT2D eigenvalue weighted by Gasteiger charge is -2.34. The topological polar surface area (TPSA) is 213 Å². The first-order chi connectivity index (χ1) is 29.1. The molecule has 0 aromatic heterocycles. The third-order valence-electron chi connectivity index (χ3n) is 11.8. The van der Waals surface area contributed by atoms with Gasteiger partial charge in [0.25, 0.3) is 5.91 Å². The number of piperazine rings is 1. The predicted octanol–water partition coefficient (Wildman–Crippen LogP) is 3.85. The van der Waals surface area contributed by atoms with Gasteiger partial charge in [-0.3, -0.25) is 19.3 Å². The van der Waals surface area contributed by atoms with Gasteiger partial charge in [0.2, 0.25) is 11.8 Å². The van der Waals surface area contributed by atoms with Crippen LogP contribution in [0.5, 0.6) is 0 Å². The van der Waals surface area contributed by atoms with Crippen LogP contribution < -0.4 is 15.4 Å². The number of benzene rings is 1. The van der Waals surface area contributed by atoms with E-state index in [1.54, 1.807) is 20.8 Å². The van der Waals surface area contributed by atoms with Crippen LogP contribution in [0.25, 0.3) is 0 Å². The van der Waals surface area contributed by atoms with Crippen molar-refractivity contribution in [3.8, 4) is 0 Å². The fourth-order valence-corrected chi connectivity index (χ4v) is 10.1. The molecule has 18 nitrogen and oxygen atoms in total. The Hall–Kier alpha value is -4.69. The van der Waals surface area contributed by atoms with Crippen molar-refractivity contribution >= 4 is 54.3 Å². The third kappa shape index (κ3) is 11.9. The number of fused-ring (bicyclic) bond motifs is 3. The van der Waals surface area contributed by atoms with E-state index in [0.29, 0.717) is 39.0 Å². The number of ether oxygens (including phenoxy) is 3. The summed E-state index contributed by atoms with van der Waals surface area (Å²) in [4.78, 5) is 86.6. The lowest BCUT2D eigenvalue weighted by atomic mass is 10.0. The van der Waals surface area contributed by atoms with Crippen molar-refractivity contribution in [3.63, 3.8) is 0 Å². The fraction of sp³-hybridized carbons (Fsp3) is 0.667. The molecule has 1 aromatic carbocycles. The standard InChI is InChI=1S/C42H63N7O11SSi/c1-41(2,3)60-38(53)43-33-17-11-9-7-8-10-16-31-25-42(31,37(52)45-61(56,57)48-20-18-46(19-21-48)39(54)58-22-23-62(4,5)6)44-35(50)34-24-32(28-49(34)36(33)51)59-40(55)47-26-29-14-12-13-15-30(29)27-47/h10,12-16,31-34H,7-9,11,17-28H2,1-6H3,(H,43,53)(H,44,50)(H,45,52)/b16-10-/t31-,32-,33+,34+,42-/m1/s1. The van der Waals surface area contributed by atoms with Gasteiger partial charge < -0.3 is 34.6 Å². The second-order valence-electron chi connectivity index (χ2n) is 19.2. The van der Waals surface area contributed by atoms with E-state index in [4.69, 9.17) is 14.2 Å². The molecule has 0 radical (unpaired) electrons. The van der Waals surface area contributed by atoms with Gasteiger partial charge in [-0.25, -0.2) is 19.1 Å². The van der Waals surface area contributed by atoms with Crippen molar-refractivity contribution in [3.05, 3.63) is 47.5 Å². The number of amides is 6. The van der Waals surface area contributed by atoms with Gasteiger partial charge in [0, 0.05) is 59.7 Å². The molecule has 5 aliphatic rings. The minimum atomic E-state index is -4.41. The summed E-state index contributed by atoms with van der Waals surface area (Å²) in [5, 5.41) is 5.53. The van der Waals surface area contributed by atoms with Crippen LogP contribution in [0.15, 0.2) is 36.4 Å². The maximum Gasteiger partial charge on any atom is 0.410 e. The molecule has 4 heterocycles. The van der Waals surface area contributed by atoms with Crippen LogP contribution in [0, 0.1) is 5.92 Å². The lowest BCUT2D eigenvalue weighted by molar-refractivity contribution is -0.141. The molecule has 20 heteroatoms. The van der Waals surface area contributed by atoms with Crippen molar-refractivity contribution in [2.75, 3.05) is 39.3 Å². The molecule has 5 atom stereocenters. The molecule has 6 rings (SSSR count). The molecule has 62 heavy (non-hydrogen) atoms. The highest BCUT2D eigenvalue weighted by atomic mass is 32.2. The van der Waals surface area contributed by atoms with Crippen molar-refractivity contribution in [2.24, 2.45) is 5.92 Å². The van der Waals surface area contributed by atoms with Gasteiger partial charge in [-0.2, -0.15) is 12.7 Å². The third-order valence-corrected chi connectivity index (χ3v) is 15.0. The lowest BCUT2D eigenvalue weighted by Crippen LogP contribution is -2.60. The second kappa shape index (κ2) is 19.0. The molecule has 342 valence electrons. The molecule has 6 amide bonds. The molecule has 1 aromatic rings. The van der Waals surface area contributed by atoms with Gasteiger partial charge in [-0.1, -0.05) is 68.9 Å². The molecule has 1 saturated carbocycles. The quantitative estimate of drug-likeness (QED) is 0.194. The van der Waals surface area contributed by atoms with Crippen LogP contribution in [-0.4, -0.2) is 140 Å². The largest absolute Gasteiger partial charge is 0.450 e. The molecular weight excluding hydrogens is 839 g/mol. The van der Waals surface area contributed by atoms with E-state index in [1.807, 2.05) is 36.4 Å². The average Bonchev–Trinajstić information content (AvgIpc) is 3.48. The molecule has 2 saturated heterocycles. The zero-order valence-corrected chi connectivity index (χ0v) is 38.6. The molecule has 3 fully saturated rings. The van der Waals surface area contributed by atoms with Crippen LogP contribution in [0.1, 0.15) is 76.8 Å². The Morgan fingerprint density at radius 2 is 1.61 bits per heavy atom. The highest BCUT2D eigenvalue weighted by molar-refractivity contribution is 7.87. The van der Waals surface area contributed by atoms with Crippen LogP contribution in [0.3, 0.4) is 0 Å². The summed E-state index contributed by atoms with van der Waals surface area (Å²) in [6.07, 6.45) is 3.76. The monoisotopic (exact) mass is 901 g/mol. The fourth-order valence-electron chi connectivity index (χ4n) is 8.21. The summed E-state index contributed by atoms with van der Waals surface area (Å²) in [7, 11) is -5.84. The molecule has 0 unspecified atom stereocenters. The Balaban J connectivity index is 1.18. The van der Waals surface area contributed by atoms with E-state index >= 15 is 0 Å². The Morgan fingerprint density at radius 3 is 2.26 bits per heavy atom. The molecule has 1 aliphatic carbocycles. The number of alkyl carbamates (subject to hydrolysis) is 1. The SMILES string of the molecule is CC(C)(C)OC(=O)N[C@H]1CCCCC/C=C\[C@@H]2C[C@@]2(C(=O)NS(=O)(=O)N2CCN(C(=O)OCC[Si](C)(C)C)CC2)NC(=O)[C@@H]2C[C@@H](OC(=O)N3Cc4ccccc4C3)CN2C1=O. The maximum atomic E-state index is 14.5. The number of carbonyl (C=O) groups is 6. The zero-order chi connectivity index (χ0) is 45.0. The maximum absolute atomic E-state index is 14.5. The van der Waals surface area contributed by atoms with E-state index in [-0.39, 0.29) is 52.0 Å². The number of hydrogen-bond acceptors (Lipinski definition) is 11. The summed E-state index contributed by atoms with van der Waals surface area (Å²) in [6.45, 7) is 12.4. The van der Waals surface area contributed by atoms with E-state index in [1.165, 1.54) is 14.7 Å². The molecule has 4 aliphatic heterocycles. The number of allylic oxidation sites excluding steroid dienone is 1. The second-order valence-corrected chi connectivity index (χ2v) is 26.4. The van der Waals surface area contributed by atoms with Gasteiger partial charge in [-0.15, -0.1) is 0 Å². The molecule has 3 N–H and O–H groups in total. The first kappa shape index (κ1) is 46.8. The van der Waals surface area contributed by atoms with E-state index < -0.39 is 89.5 Å². The minimum Gasteiger partial charge on any atom is -0.450 e. The molecule has 0 bridgehead atoms. The van der Waals surface area contributed by atoms with Crippen LogP contribution in [0.4, 0.5) is 14.4 Å². The summed E-state index contributed by atoms with van der Waals surface area (Å²) >= 11 is 0. The van der Waals surface area contributed by atoms with Gasteiger partial charge >= 0.3 is 28.5 Å². The summed E-state index contributed by atoms with van der Waals surface area (Å²) in [5.41, 5.74) is -0.532. The Bertz CT molecular complexity index is 1990. The van der Waals surface area contributed by atoms with Crippen molar-refractivity contribution in [1.82, 2.24) is 34.4 Å². The highest BCUT2D eigenvalue weighted by Crippen LogP contribution is 2.46. The number of nitrogens with zero attached hydrogens (tertiary/aromatic N) is 4. The summed E-state index contributed by atoms with van der Waals surface area (Å²) < 4.78 is 47.5. The summed E-state index contributed by atoms with van der Waals surface area (Å²) in [5.74, 6) is -2.80. The summed E-state index contributed by atoms with van der Waals surface area (Å²) in [6, 6.07) is 6.13. The van der Waals surface area contributed by atoms with Gasteiger partial charge in [-0.05, 0) is 63.6 Å². The smallest absolute Gasteiger partial charge is 0.410 e. The first-order valence-corrected chi connectivity index (χ1v) is 26.8. The Kier molecular flexibility index (Phi) is 14.3. The number of hydrogen-bond donors (Lipinski definition) is 3. The Morgan fingerprint density at radius 1 is 0.935 bits per heavy atom. The van der Waals surface area contributed by atoms with E-state index in [2.05, 4.69) is 35.0 Å². The van der Waals surface area contributed by atoms with Crippen LogP contribution in [0.2, 0.25) is 25.7 Å². The minimum absolute atomic E-state index is 0.0693. The van der Waals surface area contributed by atoms with Gasteiger partial charge in [0.1, 0.15) is 29.3 Å². The zero-order valence-electron chi connectivity index (χ0n) is 36.8. The number of nitrogens with one attached hydrogen (secondary N) is 3. The van der Waals surface area contributed by atoms with Crippen LogP contribution >= 0.6 is 0 Å². The predicted molar refractivity (Wildman–Crippen MR) is 230 cm³/mol. The molecular formula is C42H63N7O11SSi. The van der Waals surface area contributed by atoms with Crippen molar-refractivity contribution in [1.29, 1.82) is 0 Å². The van der Waals surface area contributed by atoms with Gasteiger partial charge in [0.15, 0.2) is 0 Å². The van der Waals surface area contributed by atoms with E-state index in [9.17, 15) is 37.2 Å². The van der Waals surface area contributed by atoms with Crippen molar-refractivity contribution in [2.45, 2.75) is 134 Å². The highest BCUT2D eigenvalue weighted by Gasteiger charge is 2.62. The van der Waals surface area contributed by atoms with Crippen LogP contribution in [-0.2, 0) is 51.9 Å². The van der Waals surface area contributed by atoms with E-state index in [0.717, 1.165) is 27.9 Å². The Labute approximate surface area is 365 Å². The number of rotatable bonds is 8. The normalized spacial score (nSPS) is 26.7. The molecule has 0 spiro atoms.